The number of nitrogens with zero attached hydrogens (tertiary/aromatic N) is 4. The van der Waals surface area contributed by atoms with Crippen LogP contribution in [0.5, 0.6) is 5.75 Å². The number of carbonyl (C=O) groups is 1. The van der Waals surface area contributed by atoms with Crippen LogP contribution in [-0.2, 0) is 20.1 Å². The lowest BCUT2D eigenvalue weighted by Gasteiger charge is -2.08. The summed E-state index contributed by atoms with van der Waals surface area (Å²) >= 11 is 0. The third-order valence-electron chi connectivity index (χ3n) is 5.88. The summed E-state index contributed by atoms with van der Waals surface area (Å²) in [5.41, 5.74) is 5.00. The van der Waals surface area contributed by atoms with Gasteiger partial charge >= 0.3 is 0 Å². The monoisotopic (exact) mass is 448 g/mol. The second kappa shape index (κ2) is 9.27. The number of rotatable bonds is 7. The molecule has 6 heteroatoms. The van der Waals surface area contributed by atoms with E-state index < -0.39 is 0 Å². The third kappa shape index (κ3) is 4.57. The number of ether oxygens (including phenoxy) is 1. The van der Waals surface area contributed by atoms with Gasteiger partial charge in [0.05, 0.1) is 35.2 Å². The van der Waals surface area contributed by atoms with Crippen LogP contribution in [0.25, 0.3) is 22.3 Å². The Labute approximate surface area is 197 Å². The predicted molar refractivity (Wildman–Crippen MR) is 132 cm³/mol. The van der Waals surface area contributed by atoms with Gasteiger partial charge in [-0.25, -0.2) is 9.97 Å². The standard InChI is InChI=1S/C28H24N4O2/c1-19-29-17-27(32(19)2)25-13-10-22-16-30-23(14-26(22)31-25)15-28(33)21-8-11-24(12-9-21)34-18-20-6-4-3-5-7-20/h3-14,16-17H,15,18H2,1-2H3. The molecular formula is C28H24N4O2. The number of benzene rings is 2. The minimum absolute atomic E-state index is 0.000117. The number of aryl methyl sites for hydroxylation is 1. The Morgan fingerprint density at radius 2 is 1.74 bits per heavy atom. The van der Waals surface area contributed by atoms with Gasteiger partial charge in [0, 0.05) is 24.2 Å². The van der Waals surface area contributed by atoms with E-state index >= 15 is 0 Å². The molecule has 0 bridgehead atoms. The summed E-state index contributed by atoms with van der Waals surface area (Å²) < 4.78 is 7.82. The number of imidazole rings is 1. The average Bonchev–Trinajstić information content (AvgIpc) is 3.21. The number of hydrogen-bond donors (Lipinski definition) is 0. The number of Topliss-reactive ketones (excluding diaryl/α,β-unsaturated/α-hetero) is 1. The lowest BCUT2D eigenvalue weighted by atomic mass is 10.1. The van der Waals surface area contributed by atoms with E-state index in [0.29, 0.717) is 17.9 Å². The van der Waals surface area contributed by atoms with Crippen molar-refractivity contribution in [3.05, 3.63) is 108 Å². The predicted octanol–water partition coefficient (Wildman–Crippen LogP) is 5.34. The number of fused-ring (bicyclic) bond motifs is 1. The number of hydrogen-bond acceptors (Lipinski definition) is 5. The second-order valence-corrected chi connectivity index (χ2v) is 8.21. The molecule has 0 aliphatic heterocycles. The highest BCUT2D eigenvalue weighted by Gasteiger charge is 2.12. The van der Waals surface area contributed by atoms with Gasteiger partial charge in [0.15, 0.2) is 5.78 Å². The van der Waals surface area contributed by atoms with Gasteiger partial charge in [-0.15, -0.1) is 0 Å². The van der Waals surface area contributed by atoms with Crippen LogP contribution in [0, 0.1) is 6.92 Å². The van der Waals surface area contributed by atoms with E-state index in [9.17, 15) is 4.79 Å². The maximum absolute atomic E-state index is 12.9. The van der Waals surface area contributed by atoms with Gasteiger partial charge in [-0.1, -0.05) is 30.3 Å². The quantitative estimate of drug-likeness (QED) is 0.314. The van der Waals surface area contributed by atoms with Crippen LogP contribution in [0.15, 0.2) is 85.2 Å². The summed E-state index contributed by atoms with van der Waals surface area (Å²) in [6.45, 7) is 2.45. The summed E-state index contributed by atoms with van der Waals surface area (Å²) in [7, 11) is 1.97. The van der Waals surface area contributed by atoms with Crippen LogP contribution in [0.1, 0.15) is 27.4 Å². The van der Waals surface area contributed by atoms with E-state index in [0.717, 1.165) is 39.4 Å². The van der Waals surface area contributed by atoms with Crippen molar-refractivity contribution >= 4 is 16.7 Å². The molecule has 0 saturated heterocycles. The normalized spacial score (nSPS) is 11.0. The van der Waals surface area contributed by atoms with E-state index in [1.54, 1.807) is 18.3 Å². The Morgan fingerprint density at radius 3 is 2.47 bits per heavy atom. The van der Waals surface area contributed by atoms with Crippen molar-refractivity contribution in [2.45, 2.75) is 20.0 Å². The molecule has 0 aliphatic carbocycles. The Bertz CT molecular complexity index is 1460. The number of carbonyl (C=O) groups excluding carboxylic acids is 1. The second-order valence-electron chi connectivity index (χ2n) is 8.21. The molecule has 0 atom stereocenters. The van der Waals surface area contributed by atoms with Crippen molar-refractivity contribution in [2.24, 2.45) is 7.05 Å². The molecule has 0 radical (unpaired) electrons. The summed E-state index contributed by atoms with van der Waals surface area (Å²) in [5.74, 6) is 1.65. The maximum Gasteiger partial charge on any atom is 0.168 e. The highest BCUT2D eigenvalue weighted by atomic mass is 16.5. The number of pyridine rings is 2. The van der Waals surface area contributed by atoms with Gasteiger partial charge < -0.3 is 9.30 Å². The largest absolute Gasteiger partial charge is 0.489 e. The minimum Gasteiger partial charge on any atom is -0.489 e. The topological polar surface area (TPSA) is 69.9 Å². The molecular weight excluding hydrogens is 424 g/mol. The molecule has 0 spiro atoms. The SMILES string of the molecule is Cc1ncc(-c2ccc3cnc(CC(=O)c4ccc(OCc5ccccc5)cc4)cc3n2)n1C. The van der Waals surface area contributed by atoms with E-state index in [1.807, 2.05) is 85.4 Å². The lowest BCUT2D eigenvalue weighted by molar-refractivity contribution is 0.0992. The Hall–Kier alpha value is -4.32. The fourth-order valence-electron chi connectivity index (χ4n) is 3.78. The van der Waals surface area contributed by atoms with Gasteiger partial charge in [0.1, 0.15) is 18.2 Å². The molecule has 6 nitrogen and oxygen atoms in total. The van der Waals surface area contributed by atoms with Crippen molar-refractivity contribution in [1.82, 2.24) is 19.5 Å². The van der Waals surface area contributed by atoms with Crippen LogP contribution in [0.2, 0.25) is 0 Å². The molecule has 5 aromatic rings. The highest BCUT2D eigenvalue weighted by Crippen LogP contribution is 2.22. The first-order valence-corrected chi connectivity index (χ1v) is 11.1. The van der Waals surface area contributed by atoms with Crippen LogP contribution in [0.3, 0.4) is 0 Å². The van der Waals surface area contributed by atoms with Crippen molar-refractivity contribution in [3.8, 4) is 17.1 Å². The molecule has 0 aliphatic rings. The van der Waals surface area contributed by atoms with Crippen LogP contribution < -0.4 is 4.74 Å². The van der Waals surface area contributed by atoms with Crippen LogP contribution >= 0.6 is 0 Å². The molecule has 0 unspecified atom stereocenters. The molecule has 0 N–H and O–H groups in total. The molecule has 0 saturated carbocycles. The van der Waals surface area contributed by atoms with Crippen molar-refractivity contribution in [1.29, 1.82) is 0 Å². The highest BCUT2D eigenvalue weighted by molar-refractivity contribution is 5.97. The molecule has 3 heterocycles. The molecule has 168 valence electrons. The summed E-state index contributed by atoms with van der Waals surface area (Å²) in [6, 6.07) is 23.1. The minimum atomic E-state index is -0.000117. The zero-order valence-corrected chi connectivity index (χ0v) is 19.1. The molecule has 2 aromatic carbocycles. The first-order valence-electron chi connectivity index (χ1n) is 11.1. The van der Waals surface area contributed by atoms with Gasteiger partial charge in [-0.3, -0.25) is 9.78 Å². The zero-order chi connectivity index (χ0) is 23.5. The fraction of sp³-hybridized carbons (Fsp3) is 0.143. The van der Waals surface area contributed by atoms with Crippen LogP contribution in [-0.4, -0.2) is 25.3 Å². The summed E-state index contributed by atoms with van der Waals surface area (Å²) in [5, 5.41) is 0.929. The third-order valence-corrected chi connectivity index (χ3v) is 5.88. The van der Waals surface area contributed by atoms with E-state index in [4.69, 9.17) is 9.72 Å². The lowest BCUT2D eigenvalue weighted by Crippen LogP contribution is -2.05. The van der Waals surface area contributed by atoms with Gasteiger partial charge in [-0.05, 0) is 55.0 Å². The first-order chi connectivity index (χ1) is 16.6. The average molecular weight is 449 g/mol. The fourth-order valence-corrected chi connectivity index (χ4v) is 3.78. The maximum atomic E-state index is 12.9. The van der Waals surface area contributed by atoms with Gasteiger partial charge in [0.25, 0.3) is 0 Å². The summed E-state index contributed by atoms with van der Waals surface area (Å²) in [6.07, 6.45) is 3.79. The Kier molecular flexibility index (Phi) is 5.87. The van der Waals surface area contributed by atoms with E-state index in [2.05, 4.69) is 9.97 Å². The number of ketones is 1. The molecule has 0 amide bonds. The van der Waals surface area contributed by atoms with Gasteiger partial charge in [0.2, 0.25) is 0 Å². The molecule has 5 rings (SSSR count). The molecule has 34 heavy (non-hydrogen) atoms. The van der Waals surface area contributed by atoms with E-state index in [1.165, 1.54) is 0 Å². The van der Waals surface area contributed by atoms with Gasteiger partial charge in [-0.2, -0.15) is 0 Å². The first kappa shape index (κ1) is 21.5. The molecule has 3 aromatic heterocycles. The van der Waals surface area contributed by atoms with Crippen molar-refractivity contribution in [2.75, 3.05) is 0 Å². The smallest absolute Gasteiger partial charge is 0.168 e. The van der Waals surface area contributed by atoms with E-state index in [-0.39, 0.29) is 12.2 Å². The zero-order valence-electron chi connectivity index (χ0n) is 19.1. The molecule has 0 fully saturated rings. The van der Waals surface area contributed by atoms with Crippen molar-refractivity contribution in [3.63, 3.8) is 0 Å². The summed E-state index contributed by atoms with van der Waals surface area (Å²) in [4.78, 5) is 26.5. The Balaban J connectivity index is 1.29. The Morgan fingerprint density at radius 1 is 0.941 bits per heavy atom. The van der Waals surface area contributed by atoms with Crippen LogP contribution in [0.4, 0.5) is 0 Å². The number of aromatic nitrogens is 4. The van der Waals surface area contributed by atoms with Crippen molar-refractivity contribution < 1.29 is 9.53 Å².